The Morgan fingerprint density at radius 1 is 1.17 bits per heavy atom. The van der Waals surface area contributed by atoms with E-state index < -0.39 is 0 Å². The van der Waals surface area contributed by atoms with E-state index in [0.717, 1.165) is 12.3 Å². The van der Waals surface area contributed by atoms with Crippen LogP contribution in [-0.2, 0) is 12.1 Å². The van der Waals surface area contributed by atoms with E-state index in [1.54, 1.807) is 7.11 Å². The van der Waals surface area contributed by atoms with E-state index in [-0.39, 0.29) is 11.1 Å². The molecular formula is C20H30N2O. The van der Waals surface area contributed by atoms with Crippen LogP contribution in [0.4, 0.5) is 0 Å². The highest BCUT2D eigenvalue weighted by Gasteiger charge is 2.45. The summed E-state index contributed by atoms with van der Waals surface area (Å²) in [5.74, 6) is 0.987. The van der Waals surface area contributed by atoms with Crippen LogP contribution < -0.4 is 4.74 Å². The summed E-state index contributed by atoms with van der Waals surface area (Å²) >= 11 is 0. The van der Waals surface area contributed by atoms with E-state index in [2.05, 4.69) is 51.1 Å². The highest BCUT2D eigenvalue weighted by atomic mass is 16.5. The topological polar surface area (TPSA) is 24.8 Å². The Morgan fingerprint density at radius 3 is 2.48 bits per heavy atom. The molecule has 3 nitrogen and oxygen atoms in total. The molecule has 0 bridgehead atoms. The van der Waals surface area contributed by atoms with Crippen molar-refractivity contribution in [1.82, 2.24) is 4.90 Å². The Bertz CT molecular complexity index is 607. The van der Waals surface area contributed by atoms with E-state index in [4.69, 9.17) is 9.73 Å². The van der Waals surface area contributed by atoms with Crippen LogP contribution in [0.3, 0.4) is 0 Å². The van der Waals surface area contributed by atoms with Gasteiger partial charge in [-0.25, -0.2) is 0 Å². The maximum absolute atomic E-state index is 5.55. The number of ether oxygens (including phenoxy) is 1. The minimum atomic E-state index is -0.0304. The van der Waals surface area contributed by atoms with Crippen LogP contribution in [0.1, 0.15) is 69.6 Å². The number of rotatable bonds is 2. The fraction of sp³-hybridized carbons (Fsp3) is 0.650. The van der Waals surface area contributed by atoms with Crippen molar-refractivity contribution in [2.45, 2.75) is 77.4 Å². The first-order chi connectivity index (χ1) is 10.9. The Hall–Kier alpha value is -1.51. The third-order valence-corrected chi connectivity index (χ3v) is 5.33. The van der Waals surface area contributed by atoms with Gasteiger partial charge in [0.2, 0.25) is 0 Å². The third kappa shape index (κ3) is 2.98. The van der Waals surface area contributed by atoms with E-state index in [1.165, 1.54) is 48.8 Å². The summed E-state index contributed by atoms with van der Waals surface area (Å²) in [7, 11) is 1.77. The second-order valence-corrected chi connectivity index (χ2v) is 8.11. The van der Waals surface area contributed by atoms with Gasteiger partial charge in [-0.05, 0) is 69.4 Å². The monoisotopic (exact) mass is 314 g/mol. The van der Waals surface area contributed by atoms with Gasteiger partial charge < -0.3 is 9.64 Å². The Labute approximate surface area is 140 Å². The van der Waals surface area contributed by atoms with E-state index in [1.807, 2.05) is 0 Å². The molecule has 1 saturated carbocycles. The van der Waals surface area contributed by atoms with Crippen molar-refractivity contribution in [2.75, 3.05) is 7.11 Å². The van der Waals surface area contributed by atoms with Crippen molar-refractivity contribution in [3.05, 3.63) is 28.8 Å². The normalized spacial score (nSPS) is 20.3. The fourth-order valence-electron chi connectivity index (χ4n) is 4.09. The Kier molecular flexibility index (Phi) is 4.16. The molecule has 1 fully saturated rings. The number of fused-ring (bicyclic) bond motifs is 2. The number of aliphatic imine (C=N–C) groups is 1. The van der Waals surface area contributed by atoms with Gasteiger partial charge in [-0.1, -0.05) is 19.3 Å². The molecular weight excluding hydrogens is 284 g/mol. The average molecular weight is 314 g/mol. The molecule has 0 saturated heterocycles. The van der Waals surface area contributed by atoms with E-state index in [9.17, 15) is 0 Å². The molecule has 3 heteroatoms. The molecule has 0 unspecified atom stereocenters. The SMILES string of the molecule is COc1cc(C)c2c(c1)C1(CCCCC1)N(C=NC(C)(C)C)C2. The molecule has 0 radical (unpaired) electrons. The number of nitrogens with zero attached hydrogens (tertiary/aromatic N) is 2. The van der Waals surface area contributed by atoms with Crippen LogP contribution in [0.2, 0.25) is 0 Å². The lowest BCUT2D eigenvalue weighted by Gasteiger charge is -2.41. The predicted molar refractivity (Wildman–Crippen MR) is 96.3 cm³/mol. The second-order valence-electron chi connectivity index (χ2n) is 8.11. The summed E-state index contributed by atoms with van der Waals surface area (Å²) in [6.07, 6.45) is 8.53. The molecule has 23 heavy (non-hydrogen) atoms. The molecule has 3 rings (SSSR count). The Morgan fingerprint density at radius 2 is 1.87 bits per heavy atom. The first-order valence-corrected chi connectivity index (χ1v) is 8.86. The van der Waals surface area contributed by atoms with E-state index >= 15 is 0 Å². The van der Waals surface area contributed by atoms with Gasteiger partial charge in [0.25, 0.3) is 0 Å². The van der Waals surface area contributed by atoms with Crippen LogP contribution in [0.15, 0.2) is 17.1 Å². The van der Waals surface area contributed by atoms with E-state index in [0.29, 0.717) is 0 Å². The van der Waals surface area contributed by atoms with Gasteiger partial charge in [0.05, 0.1) is 24.5 Å². The lowest BCUT2D eigenvalue weighted by Crippen LogP contribution is -2.42. The van der Waals surface area contributed by atoms with Crippen LogP contribution in [-0.4, -0.2) is 23.9 Å². The molecule has 0 amide bonds. The highest BCUT2D eigenvalue weighted by molar-refractivity contribution is 5.63. The minimum absolute atomic E-state index is 0.0304. The first kappa shape index (κ1) is 16.4. The lowest BCUT2D eigenvalue weighted by atomic mass is 9.76. The minimum Gasteiger partial charge on any atom is -0.497 e. The van der Waals surface area contributed by atoms with Crippen molar-refractivity contribution in [2.24, 2.45) is 4.99 Å². The Balaban J connectivity index is 2.06. The summed E-state index contributed by atoms with van der Waals surface area (Å²) < 4.78 is 5.55. The van der Waals surface area contributed by atoms with Crippen molar-refractivity contribution in [1.29, 1.82) is 0 Å². The second kappa shape index (κ2) is 5.85. The molecule has 2 aliphatic rings. The largest absolute Gasteiger partial charge is 0.497 e. The number of methoxy groups -OCH3 is 1. The summed E-state index contributed by atoms with van der Waals surface area (Å²) in [6.45, 7) is 9.67. The number of hydrogen-bond donors (Lipinski definition) is 0. The quantitative estimate of drug-likeness (QED) is 0.578. The zero-order valence-corrected chi connectivity index (χ0v) is 15.3. The molecule has 1 aliphatic heterocycles. The number of hydrogen-bond acceptors (Lipinski definition) is 2. The predicted octanol–water partition coefficient (Wildman–Crippen LogP) is 4.81. The van der Waals surface area contributed by atoms with Gasteiger partial charge in [-0.15, -0.1) is 0 Å². The van der Waals surface area contributed by atoms with Gasteiger partial charge in [-0.3, -0.25) is 4.99 Å². The zero-order chi connectivity index (χ0) is 16.7. The van der Waals surface area contributed by atoms with Gasteiger partial charge in [0.15, 0.2) is 0 Å². The van der Waals surface area contributed by atoms with Crippen molar-refractivity contribution < 1.29 is 4.74 Å². The molecule has 1 aromatic carbocycles. The lowest BCUT2D eigenvalue weighted by molar-refractivity contribution is 0.137. The van der Waals surface area contributed by atoms with Crippen LogP contribution in [0.5, 0.6) is 5.75 Å². The highest BCUT2D eigenvalue weighted by Crippen LogP contribution is 2.50. The average Bonchev–Trinajstić information content (AvgIpc) is 2.80. The van der Waals surface area contributed by atoms with Crippen LogP contribution >= 0.6 is 0 Å². The van der Waals surface area contributed by atoms with Gasteiger partial charge in [0, 0.05) is 6.54 Å². The summed E-state index contributed by atoms with van der Waals surface area (Å²) in [6, 6.07) is 4.44. The standard InChI is InChI=1S/C20H30N2O/c1-15-11-16(23-5)12-18-17(15)13-22(14-21-19(2,3)4)20(18)9-7-6-8-10-20/h11-12,14H,6-10,13H2,1-5H3. The zero-order valence-electron chi connectivity index (χ0n) is 15.3. The van der Waals surface area contributed by atoms with Crippen molar-refractivity contribution in [3.63, 3.8) is 0 Å². The van der Waals surface area contributed by atoms with Gasteiger partial charge in [0.1, 0.15) is 5.75 Å². The fourth-order valence-corrected chi connectivity index (χ4v) is 4.09. The molecule has 0 aromatic heterocycles. The molecule has 1 spiro atoms. The maximum atomic E-state index is 5.55. The van der Waals surface area contributed by atoms with Gasteiger partial charge in [-0.2, -0.15) is 0 Å². The third-order valence-electron chi connectivity index (χ3n) is 5.33. The van der Waals surface area contributed by atoms with Crippen molar-refractivity contribution >= 4 is 6.34 Å². The smallest absolute Gasteiger partial charge is 0.119 e. The number of aryl methyl sites for hydroxylation is 1. The summed E-state index contributed by atoms with van der Waals surface area (Å²) in [4.78, 5) is 7.32. The van der Waals surface area contributed by atoms with Crippen LogP contribution in [0.25, 0.3) is 0 Å². The van der Waals surface area contributed by atoms with Crippen molar-refractivity contribution in [3.8, 4) is 5.75 Å². The maximum Gasteiger partial charge on any atom is 0.119 e. The molecule has 0 atom stereocenters. The molecule has 126 valence electrons. The summed E-state index contributed by atoms with van der Waals surface area (Å²) in [5, 5.41) is 0. The first-order valence-electron chi connectivity index (χ1n) is 8.86. The van der Waals surface area contributed by atoms with Crippen LogP contribution in [0, 0.1) is 6.92 Å². The molecule has 1 aliphatic carbocycles. The molecule has 1 aromatic rings. The van der Waals surface area contributed by atoms with Gasteiger partial charge >= 0.3 is 0 Å². The number of benzene rings is 1. The molecule has 0 N–H and O–H groups in total. The summed E-state index contributed by atoms with van der Waals surface area (Å²) in [5.41, 5.74) is 4.40. The molecule has 1 heterocycles.